The molecule has 0 aromatic heterocycles. The molecule has 2 nitrogen and oxygen atoms in total. The highest BCUT2D eigenvalue weighted by atomic mass is 32.1. The van der Waals surface area contributed by atoms with Gasteiger partial charge in [0.2, 0.25) is 0 Å². The van der Waals surface area contributed by atoms with E-state index in [9.17, 15) is 0 Å². The van der Waals surface area contributed by atoms with Crippen LogP contribution >= 0.6 is 25.3 Å². The molecule has 0 bridgehead atoms. The van der Waals surface area contributed by atoms with E-state index in [1.54, 1.807) is 0 Å². The van der Waals surface area contributed by atoms with Crippen molar-refractivity contribution in [1.82, 2.24) is 10.6 Å². The predicted octanol–water partition coefficient (Wildman–Crippen LogP) is 2.39. The van der Waals surface area contributed by atoms with Crippen molar-refractivity contribution in [3.05, 3.63) is 12.2 Å². The minimum atomic E-state index is 0.625. The van der Waals surface area contributed by atoms with Crippen molar-refractivity contribution >= 4 is 25.3 Å². The van der Waals surface area contributed by atoms with Crippen molar-refractivity contribution in [1.29, 1.82) is 0 Å². The molecule has 0 heterocycles. The highest BCUT2D eigenvalue weighted by Gasteiger charge is 2.25. The van der Waals surface area contributed by atoms with Crippen LogP contribution in [0.5, 0.6) is 0 Å². The maximum Gasteiger partial charge on any atom is 0.00399 e. The SMILES string of the molecule is C=C1CCCCC(CNCCS)C1CNCCS. The van der Waals surface area contributed by atoms with Gasteiger partial charge in [-0.2, -0.15) is 25.3 Å². The number of nitrogens with one attached hydrogen (secondary N) is 2. The van der Waals surface area contributed by atoms with E-state index >= 15 is 0 Å². The highest BCUT2D eigenvalue weighted by Crippen LogP contribution is 2.31. The van der Waals surface area contributed by atoms with E-state index in [2.05, 4.69) is 42.5 Å². The smallest absolute Gasteiger partial charge is 0.00399 e. The molecule has 0 amide bonds. The van der Waals surface area contributed by atoms with Crippen LogP contribution in [0.3, 0.4) is 0 Å². The Bertz CT molecular complexity index is 234. The van der Waals surface area contributed by atoms with Gasteiger partial charge in [-0.15, -0.1) is 0 Å². The van der Waals surface area contributed by atoms with Crippen LogP contribution in [0.2, 0.25) is 0 Å². The van der Waals surface area contributed by atoms with Gasteiger partial charge >= 0.3 is 0 Å². The van der Waals surface area contributed by atoms with Crippen molar-refractivity contribution in [2.75, 3.05) is 37.7 Å². The van der Waals surface area contributed by atoms with E-state index in [1.807, 2.05) is 0 Å². The Morgan fingerprint density at radius 2 is 1.72 bits per heavy atom. The van der Waals surface area contributed by atoms with Gasteiger partial charge in [-0.3, -0.25) is 0 Å². The van der Waals surface area contributed by atoms with E-state index in [1.165, 1.54) is 31.3 Å². The van der Waals surface area contributed by atoms with E-state index in [-0.39, 0.29) is 0 Å². The van der Waals surface area contributed by atoms with Gasteiger partial charge in [0.1, 0.15) is 0 Å². The van der Waals surface area contributed by atoms with Gasteiger partial charge in [0.05, 0.1) is 0 Å². The molecule has 0 radical (unpaired) electrons. The van der Waals surface area contributed by atoms with Gasteiger partial charge in [-0.1, -0.05) is 18.6 Å². The lowest BCUT2D eigenvalue weighted by Crippen LogP contribution is -2.35. The normalized spacial score (nSPS) is 25.1. The molecule has 0 aromatic carbocycles. The average Bonchev–Trinajstić information content (AvgIpc) is 2.54. The summed E-state index contributed by atoms with van der Waals surface area (Å²) in [4.78, 5) is 0. The van der Waals surface area contributed by atoms with E-state index in [0.29, 0.717) is 5.92 Å². The number of hydrogen-bond donors (Lipinski definition) is 4. The maximum atomic E-state index is 4.31. The Kier molecular flexibility index (Phi) is 9.29. The third-order valence-corrected chi connectivity index (χ3v) is 4.21. The molecule has 0 saturated heterocycles. The minimum Gasteiger partial charge on any atom is -0.316 e. The molecular formula is C14H28N2S2. The molecule has 2 N–H and O–H groups in total. The first-order valence-corrected chi connectivity index (χ1v) is 8.37. The Hall–Kier alpha value is 0.360. The lowest BCUT2D eigenvalue weighted by molar-refractivity contribution is 0.336. The number of hydrogen-bond acceptors (Lipinski definition) is 4. The van der Waals surface area contributed by atoms with Crippen molar-refractivity contribution in [3.63, 3.8) is 0 Å². The largest absolute Gasteiger partial charge is 0.316 e. The molecule has 1 fully saturated rings. The van der Waals surface area contributed by atoms with Gasteiger partial charge in [0.25, 0.3) is 0 Å². The van der Waals surface area contributed by atoms with Crippen LogP contribution in [-0.2, 0) is 0 Å². The molecule has 0 spiro atoms. The van der Waals surface area contributed by atoms with Gasteiger partial charge in [-0.25, -0.2) is 0 Å². The molecule has 1 saturated carbocycles. The number of thiol groups is 2. The Balaban J connectivity index is 2.46. The summed E-state index contributed by atoms with van der Waals surface area (Å²) in [7, 11) is 0. The van der Waals surface area contributed by atoms with Crippen molar-refractivity contribution in [2.24, 2.45) is 11.8 Å². The molecule has 0 aromatic rings. The lowest BCUT2D eigenvalue weighted by Gasteiger charge is -2.27. The van der Waals surface area contributed by atoms with Crippen LogP contribution in [0.4, 0.5) is 0 Å². The van der Waals surface area contributed by atoms with Gasteiger partial charge in [0, 0.05) is 31.1 Å². The zero-order valence-corrected chi connectivity index (χ0v) is 13.1. The Morgan fingerprint density at radius 1 is 1.06 bits per heavy atom. The molecular weight excluding hydrogens is 260 g/mol. The van der Waals surface area contributed by atoms with Gasteiger partial charge < -0.3 is 10.6 Å². The van der Waals surface area contributed by atoms with Crippen molar-refractivity contribution in [2.45, 2.75) is 25.7 Å². The molecule has 0 aliphatic heterocycles. The summed E-state index contributed by atoms with van der Waals surface area (Å²) in [5.74, 6) is 3.17. The third-order valence-electron chi connectivity index (χ3n) is 3.76. The fourth-order valence-electron chi connectivity index (χ4n) is 2.74. The lowest BCUT2D eigenvalue weighted by atomic mass is 9.85. The van der Waals surface area contributed by atoms with E-state index in [4.69, 9.17) is 0 Å². The molecule has 4 heteroatoms. The standard InChI is InChI=1S/C14H28N2S2/c1-12-4-2-3-5-13(10-15-6-8-17)14(12)11-16-7-9-18/h13-18H,1-11H2. The quantitative estimate of drug-likeness (QED) is 0.239. The first-order chi connectivity index (χ1) is 8.79. The molecule has 1 aliphatic carbocycles. The Morgan fingerprint density at radius 3 is 2.39 bits per heavy atom. The summed E-state index contributed by atoms with van der Waals surface area (Å²) in [5, 5.41) is 7.02. The second kappa shape index (κ2) is 10.2. The molecule has 18 heavy (non-hydrogen) atoms. The Labute approximate surface area is 123 Å². The molecule has 106 valence electrons. The monoisotopic (exact) mass is 288 g/mol. The first kappa shape index (κ1) is 16.4. The van der Waals surface area contributed by atoms with E-state index < -0.39 is 0 Å². The van der Waals surface area contributed by atoms with Gasteiger partial charge in [-0.05, 0) is 37.6 Å². The maximum absolute atomic E-state index is 4.31. The average molecular weight is 289 g/mol. The van der Waals surface area contributed by atoms with Crippen molar-refractivity contribution < 1.29 is 0 Å². The topological polar surface area (TPSA) is 24.1 Å². The highest BCUT2D eigenvalue weighted by molar-refractivity contribution is 7.80. The van der Waals surface area contributed by atoms with Crippen LogP contribution in [0, 0.1) is 11.8 Å². The van der Waals surface area contributed by atoms with Gasteiger partial charge in [0.15, 0.2) is 0 Å². The molecule has 2 atom stereocenters. The zero-order valence-electron chi connectivity index (χ0n) is 11.3. The number of rotatable bonds is 8. The summed E-state index contributed by atoms with van der Waals surface area (Å²) in [6.07, 6.45) is 5.18. The van der Waals surface area contributed by atoms with E-state index in [0.717, 1.165) is 43.6 Å². The summed E-state index contributed by atoms with van der Waals surface area (Å²) in [6.45, 7) is 8.47. The summed E-state index contributed by atoms with van der Waals surface area (Å²) in [6, 6.07) is 0. The fraction of sp³-hybridized carbons (Fsp3) is 0.857. The van der Waals surface area contributed by atoms with Crippen LogP contribution in [0.1, 0.15) is 25.7 Å². The van der Waals surface area contributed by atoms with Crippen LogP contribution < -0.4 is 10.6 Å². The first-order valence-electron chi connectivity index (χ1n) is 7.10. The summed E-state index contributed by atoms with van der Waals surface area (Å²) < 4.78 is 0. The summed E-state index contributed by atoms with van der Waals surface area (Å²) in [5.41, 5.74) is 1.44. The second-order valence-electron chi connectivity index (χ2n) is 5.13. The minimum absolute atomic E-state index is 0.625. The van der Waals surface area contributed by atoms with Crippen LogP contribution in [0.15, 0.2) is 12.2 Å². The second-order valence-corrected chi connectivity index (χ2v) is 6.02. The fourth-order valence-corrected chi connectivity index (χ4v) is 3.05. The molecule has 2 unspecified atom stereocenters. The third kappa shape index (κ3) is 6.00. The molecule has 1 rings (SSSR count). The van der Waals surface area contributed by atoms with Crippen LogP contribution in [0.25, 0.3) is 0 Å². The zero-order chi connectivity index (χ0) is 13.2. The predicted molar refractivity (Wildman–Crippen MR) is 88.0 cm³/mol. The summed E-state index contributed by atoms with van der Waals surface area (Å²) >= 11 is 8.50. The van der Waals surface area contributed by atoms with Crippen LogP contribution in [-0.4, -0.2) is 37.7 Å². The molecule has 1 aliphatic rings. The van der Waals surface area contributed by atoms with Crippen molar-refractivity contribution in [3.8, 4) is 0 Å².